The van der Waals surface area contributed by atoms with Gasteiger partial charge in [-0.15, -0.1) is 10.2 Å². The van der Waals surface area contributed by atoms with E-state index in [0.717, 1.165) is 11.3 Å². The second kappa shape index (κ2) is 8.65. The smallest absolute Gasteiger partial charge is 0.413 e. The number of nitrogens with one attached hydrogen (secondary N) is 2. The van der Waals surface area contributed by atoms with Gasteiger partial charge in [0.2, 0.25) is 11.0 Å². The Labute approximate surface area is 148 Å². The molecule has 7 nitrogen and oxygen atoms in total. The van der Waals surface area contributed by atoms with Crippen LogP contribution in [0, 0.1) is 13.8 Å². The zero-order valence-electron chi connectivity index (χ0n) is 13.6. The highest BCUT2D eigenvalue weighted by Gasteiger charge is 2.12. The van der Waals surface area contributed by atoms with Gasteiger partial charge >= 0.3 is 6.09 Å². The molecule has 2 rings (SSSR count). The SMILES string of the molecule is CCOC(=O)NC(=O)CSc1nnc(Nc2cccc(C)c2C)s1. The van der Waals surface area contributed by atoms with Crippen LogP contribution in [0.5, 0.6) is 0 Å². The average Bonchev–Trinajstić information content (AvgIpc) is 2.98. The summed E-state index contributed by atoms with van der Waals surface area (Å²) >= 11 is 2.56. The molecule has 0 spiro atoms. The highest BCUT2D eigenvalue weighted by atomic mass is 32.2. The van der Waals surface area contributed by atoms with Gasteiger partial charge < -0.3 is 10.1 Å². The Morgan fingerprint density at radius 3 is 2.83 bits per heavy atom. The van der Waals surface area contributed by atoms with E-state index >= 15 is 0 Å². The molecule has 128 valence electrons. The molecule has 0 aliphatic carbocycles. The van der Waals surface area contributed by atoms with Gasteiger partial charge in [0.1, 0.15) is 0 Å². The Morgan fingerprint density at radius 1 is 1.29 bits per heavy atom. The zero-order chi connectivity index (χ0) is 17.5. The molecule has 9 heteroatoms. The minimum absolute atomic E-state index is 0.0664. The van der Waals surface area contributed by atoms with E-state index in [1.165, 1.54) is 28.7 Å². The predicted molar refractivity (Wildman–Crippen MR) is 95.0 cm³/mol. The predicted octanol–water partition coefficient (Wildman–Crippen LogP) is 3.26. The number of thioether (sulfide) groups is 1. The number of amides is 2. The van der Waals surface area contributed by atoms with E-state index in [2.05, 4.69) is 25.6 Å². The third-order valence-corrected chi connectivity index (χ3v) is 5.07. The van der Waals surface area contributed by atoms with Crippen molar-refractivity contribution in [3.63, 3.8) is 0 Å². The standard InChI is InChI=1S/C15H18N4O3S2/c1-4-22-14(21)17-12(20)8-23-15-19-18-13(24-15)16-11-7-5-6-9(2)10(11)3/h5-7H,4,8H2,1-3H3,(H,16,18)(H,17,20,21). The fraction of sp³-hybridized carbons (Fsp3) is 0.333. The summed E-state index contributed by atoms with van der Waals surface area (Å²) in [7, 11) is 0. The molecule has 0 atom stereocenters. The van der Waals surface area contributed by atoms with Crippen LogP contribution in [0.15, 0.2) is 22.5 Å². The summed E-state index contributed by atoms with van der Waals surface area (Å²) in [6, 6.07) is 5.99. The Morgan fingerprint density at radius 2 is 2.08 bits per heavy atom. The highest BCUT2D eigenvalue weighted by molar-refractivity contribution is 8.01. The van der Waals surface area contributed by atoms with Gasteiger partial charge in [-0.1, -0.05) is 35.2 Å². The summed E-state index contributed by atoms with van der Waals surface area (Å²) in [6.45, 7) is 5.97. The number of anilines is 2. The molecular formula is C15H18N4O3S2. The van der Waals surface area contributed by atoms with E-state index in [9.17, 15) is 9.59 Å². The summed E-state index contributed by atoms with van der Waals surface area (Å²) in [6.07, 6.45) is -0.738. The number of benzene rings is 1. The van der Waals surface area contributed by atoms with Gasteiger partial charge in [-0.2, -0.15) is 0 Å². The molecule has 0 saturated carbocycles. The first kappa shape index (κ1) is 18.2. The second-order valence-corrected chi connectivity index (χ2v) is 7.00. The lowest BCUT2D eigenvalue weighted by Crippen LogP contribution is -2.32. The number of carbonyl (C=O) groups excluding carboxylic acids is 2. The number of nitrogens with zero attached hydrogens (tertiary/aromatic N) is 2. The summed E-state index contributed by atoms with van der Waals surface area (Å²) in [4.78, 5) is 22.7. The Hall–Kier alpha value is -2.13. The second-order valence-electron chi connectivity index (χ2n) is 4.80. The van der Waals surface area contributed by atoms with Crippen molar-refractivity contribution in [1.82, 2.24) is 15.5 Å². The summed E-state index contributed by atoms with van der Waals surface area (Å²) in [5.74, 6) is -0.366. The van der Waals surface area contributed by atoms with E-state index in [1.807, 2.05) is 32.0 Å². The van der Waals surface area contributed by atoms with Gasteiger partial charge in [-0.3, -0.25) is 10.1 Å². The third-order valence-electron chi connectivity index (χ3n) is 3.10. The Bertz CT molecular complexity index is 733. The number of hydrogen-bond donors (Lipinski definition) is 2. The summed E-state index contributed by atoms with van der Waals surface area (Å²) in [5.41, 5.74) is 3.31. The van der Waals surface area contributed by atoms with Crippen LogP contribution < -0.4 is 10.6 Å². The van der Waals surface area contributed by atoms with Crippen molar-refractivity contribution in [1.29, 1.82) is 0 Å². The molecule has 1 aromatic carbocycles. The fourth-order valence-electron chi connectivity index (χ4n) is 1.76. The number of aromatic nitrogens is 2. The monoisotopic (exact) mass is 366 g/mol. The van der Waals surface area contributed by atoms with Crippen LogP contribution in [-0.4, -0.2) is 34.6 Å². The molecule has 0 aliphatic heterocycles. The van der Waals surface area contributed by atoms with Crippen molar-refractivity contribution < 1.29 is 14.3 Å². The number of alkyl carbamates (subject to hydrolysis) is 1. The first-order chi connectivity index (χ1) is 11.5. The van der Waals surface area contributed by atoms with Crippen LogP contribution in [0.25, 0.3) is 0 Å². The molecular weight excluding hydrogens is 348 g/mol. The topological polar surface area (TPSA) is 93.2 Å². The largest absolute Gasteiger partial charge is 0.450 e. The van der Waals surface area contributed by atoms with Crippen molar-refractivity contribution in [3.05, 3.63) is 29.3 Å². The van der Waals surface area contributed by atoms with Gasteiger partial charge in [0.05, 0.1) is 12.4 Å². The maximum Gasteiger partial charge on any atom is 0.413 e. The van der Waals surface area contributed by atoms with Crippen LogP contribution in [0.4, 0.5) is 15.6 Å². The first-order valence-corrected chi connectivity index (χ1v) is 9.06. The minimum Gasteiger partial charge on any atom is -0.450 e. The van der Waals surface area contributed by atoms with Gasteiger partial charge in [0.25, 0.3) is 0 Å². The van der Waals surface area contributed by atoms with Crippen molar-refractivity contribution in [2.75, 3.05) is 17.7 Å². The van der Waals surface area contributed by atoms with E-state index in [0.29, 0.717) is 9.47 Å². The number of ether oxygens (including phenoxy) is 1. The van der Waals surface area contributed by atoms with Gasteiger partial charge in [-0.25, -0.2) is 4.79 Å². The van der Waals surface area contributed by atoms with Gasteiger partial charge in [0, 0.05) is 5.69 Å². The molecule has 0 bridgehead atoms. The van der Waals surface area contributed by atoms with E-state index in [1.54, 1.807) is 6.92 Å². The molecule has 0 radical (unpaired) electrons. The van der Waals surface area contributed by atoms with Crippen LogP contribution in [-0.2, 0) is 9.53 Å². The number of carbonyl (C=O) groups is 2. The van der Waals surface area contributed by atoms with Crippen LogP contribution >= 0.6 is 23.1 Å². The number of imide groups is 1. The van der Waals surface area contributed by atoms with Crippen LogP contribution in [0.3, 0.4) is 0 Å². The van der Waals surface area contributed by atoms with Crippen molar-refractivity contribution in [3.8, 4) is 0 Å². The summed E-state index contributed by atoms with van der Waals surface area (Å²) < 4.78 is 5.28. The first-order valence-electron chi connectivity index (χ1n) is 7.25. The highest BCUT2D eigenvalue weighted by Crippen LogP contribution is 2.29. The van der Waals surface area contributed by atoms with Crippen molar-refractivity contribution >= 4 is 45.9 Å². The lowest BCUT2D eigenvalue weighted by atomic mass is 10.1. The Kier molecular flexibility index (Phi) is 6.56. The fourth-order valence-corrected chi connectivity index (χ4v) is 3.33. The number of hydrogen-bond acceptors (Lipinski definition) is 8. The molecule has 0 aliphatic rings. The quantitative estimate of drug-likeness (QED) is 0.758. The van der Waals surface area contributed by atoms with E-state index < -0.39 is 12.0 Å². The molecule has 2 aromatic rings. The van der Waals surface area contributed by atoms with Crippen LogP contribution in [0.1, 0.15) is 18.1 Å². The average molecular weight is 366 g/mol. The molecule has 0 saturated heterocycles. The van der Waals surface area contributed by atoms with Crippen molar-refractivity contribution in [2.45, 2.75) is 25.1 Å². The molecule has 2 N–H and O–H groups in total. The maximum absolute atomic E-state index is 11.6. The van der Waals surface area contributed by atoms with Crippen LogP contribution in [0.2, 0.25) is 0 Å². The molecule has 0 fully saturated rings. The lowest BCUT2D eigenvalue weighted by Gasteiger charge is -2.08. The molecule has 24 heavy (non-hydrogen) atoms. The summed E-state index contributed by atoms with van der Waals surface area (Å²) in [5, 5.41) is 14.1. The van der Waals surface area contributed by atoms with Gasteiger partial charge in [0.15, 0.2) is 4.34 Å². The van der Waals surface area contributed by atoms with E-state index in [-0.39, 0.29) is 12.4 Å². The number of rotatable bonds is 6. The third kappa shape index (κ3) is 5.20. The Balaban J connectivity index is 1.88. The normalized spacial score (nSPS) is 10.3. The number of aryl methyl sites for hydroxylation is 1. The van der Waals surface area contributed by atoms with Gasteiger partial charge in [-0.05, 0) is 38.0 Å². The zero-order valence-corrected chi connectivity index (χ0v) is 15.2. The maximum atomic E-state index is 11.6. The lowest BCUT2D eigenvalue weighted by molar-refractivity contribution is -0.117. The minimum atomic E-state index is -0.738. The molecule has 2 amide bonds. The van der Waals surface area contributed by atoms with E-state index in [4.69, 9.17) is 0 Å². The van der Waals surface area contributed by atoms with Crippen molar-refractivity contribution in [2.24, 2.45) is 0 Å². The molecule has 1 aromatic heterocycles. The molecule has 1 heterocycles. The molecule has 0 unspecified atom stereocenters.